The van der Waals surface area contributed by atoms with Gasteiger partial charge in [-0.3, -0.25) is 0 Å². The van der Waals surface area contributed by atoms with E-state index in [0.29, 0.717) is 24.7 Å². The van der Waals surface area contributed by atoms with E-state index in [2.05, 4.69) is 10.3 Å². The number of nitrogens with zero attached hydrogens (tertiary/aromatic N) is 1. The van der Waals surface area contributed by atoms with Crippen LogP contribution in [0.1, 0.15) is 0 Å². The zero-order valence-corrected chi connectivity index (χ0v) is 7.38. The molecule has 0 aliphatic rings. The smallest absolute Gasteiger partial charge is 0.215 e. The summed E-state index contributed by atoms with van der Waals surface area (Å²) in [7, 11) is 1.48. The van der Waals surface area contributed by atoms with E-state index in [9.17, 15) is 4.39 Å². The van der Waals surface area contributed by atoms with E-state index in [1.54, 1.807) is 0 Å². The lowest BCUT2D eigenvalue weighted by Crippen LogP contribution is -2.14. The number of rotatable bonds is 4. The van der Waals surface area contributed by atoms with Crippen molar-refractivity contribution in [3.05, 3.63) is 18.1 Å². The Morgan fingerprint density at radius 3 is 3.08 bits per heavy atom. The number of nitrogens with two attached hydrogens (primary N) is 1. The Labute approximate surface area is 75.9 Å². The van der Waals surface area contributed by atoms with Gasteiger partial charge in [-0.25, -0.2) is 9.37 Å². The fraction of sp³-hybridized carbons (Fsp3) is 0.375. The van der Waals surface area contributed by atoms with Crippen LogP contribution in [0.4, 0.5) is 10.1 Å². The number of aromatic nitrogens is 1. The molecule has 72 valence electrons. The number of hydrogen-bond acceptors (Lipinski definition) is 4. The van der Waals surface area contributed by atoms with Gasteiger partial charge < -0.3 is 15.8 Å². The van der Waals surface area contributed by atoms with Crippen LogP contribution in [0.5, 0.6) is 5.88 Å². The van der Waals surface area contributed by atoms with Gasteiger partial charge in [0.25, 0.3) is 0 Å². The van der Waals surface area contributed by atoms with Crippen molar-refractivity contribution in [2.75, 3.05) is 25.5 Å². The van der Waals surface area contributed by atoms with Gasteiger partial charge in [-0.05, 0) is 0 Å². The highest BCUT2D eigenvalue weighted by molar-refractivity contribution is 5.46. The van der Waals surface area contributed by atoms with Gasteiger partial charge in [0.2, 0.25) is 5.88 Å². The topological polar surface area (TPSA) is 60.2 Å². The molecule has 0 aliphatic heterocycles. The van der Waals surface area contributed by atoms with Gasteiger partial charge in [-0.1, -0.05) is 0 Å². The van der Waals surface area contributed by atoms with Crippen LogP contribution in [0.2, 0.25) is 0 Å². The van der Waals surface area contributed by atoms with Crippen molar-refractivity contribution in [2.24, 2.45) is 5.73 Å². The van der Waals surface area contributed by atoms with Gasteiger partial charge >= 0.3 is 0 Å². The molecule has 1 aromatic heterocycles. The molecule has 1 rings (SSSR count). The van der Waals surface area contributed by atoms with E-state index in [1.165, 1.54) is 13.2 Å². The summed E-state index contributed by atoms with van der Waals surface area (Å²) in [6, 6.07) is 1.49. The minimum absolute atomic E-state index is 0.359. The van der Waals surface area contributed by atoms with E-state index >= 15 is 0 Å². The van der Waals surface area contributed by atoms with Crippen LogP contribution in [0.3, 0.4) is 0 Å². The standard InChI is InChI=1S/C8H12FN3O/c1-13-8-4-7(11-3-2-10)6(9)5-12-8/h4-5H,2-3,10H2,1H3,(H,11,12). The van der Waals surface area contributed by atoms with Crippen molar-refractivity contribution in [1.29, 1.82) is 0 Å². The molecule has 5 heteroatoms. The summed E-state index contributed by atoms with van der Waals surface area (Å²) in [6.45, 7) is 0.966. The maximum atomic E-state index is 13.0. The average Bonchev–Trinajstić information content (AvgIpc) is 2.17. The van der Waals surface area contributed by atoms with E-state index in [0.717, 1.165) is 6.20 Å². The van der Waals surface area contributed by atoms with E-state index in [-0.39, 0.29) is 0 Å². The van der Waals surface area contributed by atoms with Crippen molar-refractivity contribution in [1.82, 2.24) is 4.98 Å². The highest BCUT2D eigenvalue weighted by Gasteiger charge is 2.03. The summed E-state index contributed by atoms with van der Waals surface area (Å²) < 4.78 is 17.8. The molecule has 0 atom stereocenters. The molecule has 0 amide bonds. The monoisotopic (exact) mass is 185 g/mol. The van der Waals surface area contributed by atoms with Gasteiger partial charge in [-0.2, -0.15) is 0 Å². The van der Waals surface area contributed by atoms with Crippen LogP contribution >= 0.6 is 0 Å². The largest absolute Gasteiger partial charge is 0.481 e. The van der Waals surface area contributed by atoms with Gasteiger partial charge in [0, 0.05) is 19.2 Å². The van der Waals surface area contributed by atoms with Crippen LogP contribution in [-0.2, 0) is 0 Å². The van der Waals surface area contributed by atoms with Crippen LogP contribution < -0.4 is 15.8 Å². The molecule has 1 heterocycles. The molecule has 0 aliphatic carbocycles. The summed E-state index contributed by atoms with van der Waals surface area (Å²) in [5.41, 5.74) is 5.62. The van der Waals surface area contributed by atoms with E-state index in [1.807, 2.05) is 0 Å². The van der Waals surface area contributed by atoms with Crippen molar-refractivity contribution in [2.45, 2.75) is 0 Å². The van der Waals surface area contributed by atoms with E-state index < -0.39 is 5.82 Å². The Kier molecular flexibility index (Phi) is 3.45. The molecular weight excluding hydrogens is 173 g/mol. The first-order valence-electron chi connectivity index (χ1n) is 3.91. The van der Waals surface area contributed by atoms with Crippen molar-refractivity contribution in [3.63, 3.8) is 0 Å². The Morgan fingerprint density at radius 1 is 1.69 bits per heavy atom. The first-order chi connectivity index (χ1) is 6.27. The third-order valence-corrected chi connectivity index (χ3v) is 1.50. The normalized spacial score (nSPS) is 9.77. The zero-order valence-electron chi connectivity index (χ0n) is 7.38. The lowest BCUT2D eigenvalue weighted by Gasteiger charge is -2.06. The molecule has 0 saturated carbocycles. The fourth-order valence-corrected chi connectivity index (χ4v) is 0.873. The van der Waals surface area contributed by atoms with Crippen LogP contribution in [0.15, 0.2) is 12.3 Å². The predicted molar refractivity (Wildman–Crippen MR) is 48.3 cm³/mol. The molecule has 0 radical (unpaired) electrons. The Morgan fingerprint density at radius 2 is 2.46 bits per heavy atom. The Hall–Kier alpha value is -1.36. The highest BCUT2D eigenvalue weighted by Crippen LogP contribution is 2.17. The third-order valence-electron chi connectivity index (χ3n) is 1.50. The molecular formula is C8H12FN3O. The number of methoxy groups -OCH3 is 1. The van der Waals surface area contributed by atoms with Crippen molar-refractivity contribution < 1.29 is 9.13 Å². The second-order valence-corrected chi connectivity index (χ2v) is 2.42. The Bertz CT molecular complexity index is 280. The van der Waals surface area contributed by atoms with Crippen LogP contribution in [0.25, 0.3) is 0 Å². The van der Waals surface area contributed by atoms with Gasteiger partial charge in [0.1, 0.15) is 0 Å². The second kappa shape index (κ2) is 4.61. The van der Waals surface area contributed by atoms with Gasteiger partial charge in [0.15, 0.2) is 5.82 Å². The van der Waals surface area contributed by atoms with Gasteiger partial charge in [0.05, 0.1) is 19.0 Å². The number of anilines is 1. The molecule has 0 aromatic carbocycles. The number of ether oxygens (including phenoxy) is 1. The molecule has 0 bridgehead atoms. The zero-order chi connectivity index (χ0) is 9.68. The summed E-state index contributed by atoms with van der Waals surface area (Å²) >= 11 is 0. The summed E-state index contributed by atoms with van der Waals surface area (Å²) in [5.74, 6) is -0.0322. The maximum absolute atomic E-state index is 13.0. The summed E-state index contributed by atoms with van der Waals surface area (Å²) in [6.07, 6.45) is 1.11. The lowest BCUT2D eigenvalue weighted by atomic mass is 10.4. The second-order valence-electron chi connectivity index (χ2n) is 2.42. The molecule has 0 spiro atoms. The van der Waals surface area contributed by atoms with Crippen molar-refractivity contribution >= 4 is 5.69 Å². The third kappa shape index (κ3) is 2.55. The van der Waals surface area contributed by atoms with Gasteiger partial charge in [-0.15, -0.1) is 0 Å². The number of nitrogens with one attached hydrogen (secondary N) is 1. The molecule has 0 fully saturated rings. The minimum atomic E-state index is -0.408. The SMILES string of the molecule is COc1cc(NCCN)c(F)cn1. The highest BCUT2D eigenvalue weighted by atomic mass is 19.1. The molecule has 3 N–H and O–H groups in total. The minimum Gasteiger partial charge on any atom is -0.481 e. The number of hydrogen-bond donors (Lipinski definition) is 2. The molecule has 0 saturated heterocycles. The number of halogens is 1. The molecule has 13 heavy (non-hydrogen) atoms. The first-order valence-corrected chi connectivity index (χ1v) is 3.91. The fourth-order valence-electron chi connectivity index (χ4n) is 0.873. The van der Waals surface area contributed by atoms with Crippen LogP contribution in [-0.4, -0.2) is 25.2 Å². The quantitative estimate of drug-likeness (QED) is 0.721. The molecule has 1 aromatic rings. The van der Waals surface area contributed by atoms with Crippen LogP contribution in [0, 0.1) is 5.82 Å². The first kappa shape index (κ1) is 9.73. The Balaban J connectivity index is 2.78. The lowest BCUT2D eigenvalue weighted by molar-refractivity contribution is 0.396. The summed E-state index contributed by atoms with van der Waals surface area (Å²) in [4.78, 5) is 3.70. The maximum Gasteiger partial charge on any atom is 0.215 e. The average molecular weight is 185 g/mol. The molecule has 0 unspecified atom stereocenters. The predicted octanol–water partition coefficient (Wildman–Crippen LogP) is 0.600. The number of pyridine rings is 1. The van der Waals surface area contributed by atoms with Crippen molar-refractivity contribution in [3.8, 4) is 5.88 Å². The molecule has 4 nitrogen and oxygen atoms in total. The van der Waals surface area contributed by atoms with E-state index in [4.69, 9.17) is 10.5 Å². The summed E-state index contributed by atoms with van der Waals surface area (Å²) in [5, 5.41) is 2.82.